The summed E-state index contributed by atoms with van der Waals surface area (Å²) in [7, 11) is -3.29. The molecular formula is C23H26F3NO5S. The van der Waals surface area contributed by atoms with Gasteiger partial charge in [-0.05, 0) is 48.7 Å². The summed E-state index contributed by atoms with van der Waals surface area (Å²) in [4.78, 5) is 0. The summed E-state index contributed by atoms with van der Waals surface area (Å²) >= 11 is 0. The molecule has 0 saturated carbocycles. The minimum absolute atomic E-state index is 0.105. The lowest BCUT2D eigenvalue weighted by Crippen LogP contribution is -2.47. The molecule has 2 aliphatic rings. The second-order valence-electron chi connectivity index (χ2n) is 8.47. The molecule has 0 spiro atoms. The van der Waals surface area contributed by atoms with E-state index in [2.05, 4.69) is 0 Å². The Balaban J connectivity index is 1.70. The number of sulfonamides is 1. The van der Waals surface area contributed by atoms with Gasteiger partial charge in [-0.1, -0.05) is 24.3 Å². The fraction of sp³-hybridized carbons (Fsp3) is 0.478. The normalized spacial score (nSPS) is 27.3. The molecule has 2 heterocycles. The Morgan fingerprint density at radius 3 is 2.21 bits per heavy atom. The lowest BCUT2D eigenvalue weighted by Gasteiger charge is -2.35. The molecule has 0 aromatic heterocycles. The first kappa shape index (κ1) is 23.8. The molecule has 0 unspecified atom stereocenters. The third kappa shape index (κ3) is 4.69. The van der Waals surface area contributed by atoms with Crippen LogP contribution in [-0.4, -0.2) is 61.7 Å². The predicted molar refractivity (Wildman–Crippen MR) is 116 cm³/mol. The number of nitrogens with zero attached hydrogens (tertiary/aromatic N) is 1. The van der Waals surface area contributed by atoms with Crippen LogP contribution in [0.2, 0.25) is 0 Å². The standard InChI is InChI=1S/C23H26F3NO5S/c1-3-31-17-10-6-15(7-11-17)21-20(14-4-8-16(28)9-5-14)18-12-19(22(21)32-18)33(29,30)27(2)13-23(24,25)26/h4-11,18-22,28H,3,12-13H2,1-2H3/t18-,19+,20-,21+,22+/m1/s1. The summed E-state index contributed by atoms with van der Waals surface area (Å²) in [6.07, 6.45) is -5.81. The van der Waals surface area contributed by atoms with Crippen molar-refractivity contribution in [2.75, 3.05) is 20.2 Å². The molecule has 0 amide bonds. The van der Waals surface area contributed by atoms with Crippen molar-refractivity contribution in [1.82, 2.24) is 4.31 Å². The van der Waals surface area contributed by atoms with Gasteiger partial charge in [0.1, 0.15) is 23.3 Å². The quantitative estimate of drug-likeness (QED) is 0.641. The Hall–Kier alpha value is -2.30. The molecular weight excluding hydrogens is 459 g/mol. The van der Waals surface area contributed by atoms with Crippen LogP contribution in [0.15, 0.2) is 48.5 Å². The Bertz CT molecular complexity index is 1070. The average Bonchev–Trinajstić information content (AvgIpc) is 3.33. The maximum Gasteiger partial charge on any atom is 0.402 e. The highest BCUT2D eigenvalue weighted by Crippen LogP contribution is 2.55. The van der Waals surface area contributed by atoms with Gasteiger partial charge in [-0.15, -0.1) is 0 Å². The van der Waals surface area contributed by atoms with Gasteiger partial charge >= 0.3 is 6.18 Å². The van der Waals surface area contributed by atoms with Gasteiger partial charge in [-0.25, -0.2) is 8.42 Å². The molecule has 2 aliphatic heterocycles. The van der Waals surface area contributed by atoms with Crippen molar-refractivity contribution < 1.29 is 36.2 Å². The Kier molecular flexibility index (Phi) is 6.36. The van der Waals surface area contributed by atoms with E-state index in [1.165, 1.54) is 0 Å². The van der Waals surface area contributed by atoms with Crippen LogP contribution < -0.4 is 4.74 Å². The molecule has 2 saturated heterocycles. The van der Waals surface area contributed by atoms with Gasteiger partial charge in [-0.3, -0.25) is 0 Å². The third-order valence-electron chi connectivity index (χ3n) is 6.38. The van der Waals surface area contributed by atoms with Gasteiger partial charge in [0.05, 0.1) is 18.8 Å². The number of fused-ring (bicyclic) bond motifs is 2. The maximum absolute atomic E-state index is 13.1. The topological polar surface area (TPSA) is 76.1 Å². The van der Waals surface area contributed by atoms with Crippen LogP contribution in [0.5, 0.6) is 11.5 Å². The lowest BCUT2D eigenvalue weighted by atomic mass is 9.72. The zero-order chi connectivity index (χ0) is 24.0. The van der Waals surface area contributed by atoms with Crippen molar-refractivity contribution in [3.63, 3.8) is 0 Å². The van der Waals surface area contributed by atoms with Crippen LogP contribution in [0.4, 0.5) is 13.2 Å². The van der Waals surface area contributed by atoms with E-state index in [1.807, 2.05) is 19.1 Å². The fourth-order valence-electron chi connectivity index (χ4n) is 5.02. The molecule has 0 aliphatic carbocycles. The average molecular weight is 486 g/mol. The molecule has 33 heavy (non-hydrogen) atoms. The highest BCUT2D eigenvalue weighted by molar-refractivity contribution is 7.89. The fourth-order valence-corrected chi connectivity index (χ4v) is 6.82. The highest BCUT2D eigenvalue weighted by atomic mass is 32.2. The van der Waals surface area contributed by atoms with Gasteiger partial charge in [0, 0.05) is 18.9 Å². The van der Waals surface area contributed by atoms with Gasteiger partial charge < -0.3 is 14.6 Å². The molecule has 2 aromatic carbocycles. The summed E-state index contributed by atoms with van der Waals surface area (Å²) in [5.74, 6) is 0.186. The second-order valence-corrected chi connectivity index (χ2v) is 10.7. The first-order valence-electron chi connectivity index (χ1n) is 10.7. The van der Waals surface area contributed by atoms with Crippen LogP contribution in [0, 0.1) is 0 Å². The maximum atomic E-state index is 13.1. The van der Waals surface area contributed by atoms with E-state index in [0.29, 0.717) is 16.7 Å². The lowest BCUT2D eigenvalue weighted by molar-refractivity contribution is -0.134. The second kappa shape index (κ2) is 8.81. The van der Waals surface area contributed by atoms with Crippen LogP contribution in [-0.2, 0) is 14.8 Å². The SMILES string of the molecule is CCOc1ccc([C@@H]2[C@H]3O[C@H](C[C@@H]3S(=O)(=O)N(C)CC(F)(F)F)[C@H]2c2ccc(O)cc2)cc1. The van der Waals surface area contributed by atoms with Crippen molar-refractivity contribution in [2.45, 2.75) is 48.8 Å². The van der Waals surface area contributed by atoms with Gasteiger partial charge in [-0.2, -0.15) is 17.5 Å². The molecule has 0 radical (unpaired) electrons. The van der Waals surface area contributed by atoms with E-state index in [4.69, 9.17) is 9.47 Å². The van der Waals surface area contributed by atoms with Crippen molar-refractivity contribution in [3.8, 4) is 11.5 Å². The summed E-state index contributed by atoms with van der Waals surface area (Å²) in [5, 5.41) is 8.59. The minimum Gasteiger partial charge on any atom is -0.508 e. The minimum atomic E-state index is -4.64. The summed E-state index contributed by atoms with van der Waals surface area (Å²) in [5.41, 5.74) is 1.70. The highest BCUT2D eigenvalue weighted by Gasteiger charge is 2.59. The number of phenols is 1. The van der Waals surface area contributed by atoms with Crippen molar-refractivity contribution in [3.05, 3.63) is 59.7 Å². The Morgan fingerprint density at radius 1 is 1.06 bits per heavy atom. The van der Waals surface area contributed by atoms with Gasteiger partial charge in [0.2, 0.25) is 10.0 Å². The Labute approximate surface area is 191 Å². The number of aromatic hydroxyl groups is 1. The first-order valence-corrected chi connectivity index (χ1v) is 12.2. The molecule has 10 heteroatoms. The van der Waals surface area contributed by atoms with E-state index in [0.717, 1.165) is 18.2 Å². The van der Waals surface area contributed by atoms with Crippen LogP contribution in [0.3, 0.4) is 0 Å². The van der Waals surface area contributed by atoms with E-state index in [1.54, 1.807) is 36.4 Å². The molecule has 2 aromatic rings. The van der Waals surface area contributed by atoms with Crippen LogP contribution in [0.1, 0.15) is 36.3 Å². The number of phenolic OH excluding ortho intramolecular Hbond substituents is 1. The number of alkyl halides is 3. The van der Waals surface area contributed by atoms with E-state index in [-0.39, 0.29) is 24.0 Å². The predicted octanol–water partition coefficient (Wildman–Crippen LogP) is 4.02. The molecule has 2 bridgehead atoms. The first-order chi connectivity index (χ1) is 15.5. The number of hydrogen-bond donors (Lipinski definition) is 1. The van der Waals surface area contributed by atoms with Crippen LogP contribution in [0.25, 0.3) is 0 Å². The van der Waals surface area contributed by atoms with E-state index in [9.17, 15) is 26.7 Å². The number of hydrogen-bond acceptors (Lipinski definition) is 5. The number of ether oxygens (including phenoxy) is 2. The molecule has 180 valence electrons. The number of rotatable bonds is 7. The zero-order valence-corrected chi connectivity index (χ0v) is 19.0. The zero-order valence-electron chi connectivity index (χ0n) is 18.2. The van der Waals surface area contributed by atoms with Gasteiger partial charge in [0.25, 0.3) is 0 Å². The summed E-state index contributed by atoms with van der Waals surface area (Å²) < 4.78 is 76.9. The van der Waals surface area contributed by atoms with Crippen molar-refractivity contribution in [2.24, 2.45) is 0 Å². The third-order valence-corrected chi connectivity index (χ3v) is 8.60. The van der Waals surface area contributed by atoms with Crippen molar-refractivity contribution >= 4 is 10.0 Å². The van der Waals surface area contributed by atoms with E-state index < -0.39 is 40.2 Å². The van der Waals surface area contributed by atoms with E-state index >= 15 is 0 Å². The molecule has 2 fully saturated rings. The largest absolute Gasteiger partial charge is 0.508 e. The molecule has 5 atom stereocenters. The molecule has 6 nitrogen and oxygen atoms in total. The summed E-state index contributed by atoms with van der Waals surface area (Å²) in [6.45, 7) is 0.822. The van der Waals surface area contributed by atoms with Gasteiger partial charge in [0.15, 0.2) is 0 Å². The number of benzene rings is 2. The molecule has 1 N–H and O–H groups in total. The molecule has 4 rings (SSSR count). The number of halogens is 3. The smallest absolute Gasteiger partial charge is 0.402 e. The summed E-state index contributed by atoms with van der Waals surface area (Å²) in [6, 6.07) is 13.9. The Morgan fingerprint density at radius 2 is 1.64 bits per heavy atom. The monoisotopic (exact) mass is 485 g/mol. The van der Waals surface area contributed by atoms with Crippen molar-refractivity contribution in [1.29, 1.82) is 0 Å². The van der Waals surface area contributed by atoms with Crippen LogP contribution >= 0.6 is 0 Å².